The lowest BCUT2D eigenvalue weighted by Crippen LogP contribution is -2.13. The van der Waals surface area contributed by atoms with Gasteiger partial charge in [-0.05, 0) is 30.2 Å². The number of methoxy groups -OCH3 is 1. The lowest BCUT2D eigenvalue weighted by atomic mass is 10.1. The molecule has 0 saturated carbocycles. The molecule has 6 heteroatoms. The first-order valence-electron chi connectivity index (χ1n) is 6.45. The second-order valence-corrected chi connectivity index (χ2v) is 4.43. The van der Waals surface area contributed by atoms with Gasteiger partial charge in [-0.25, -0.2) is 4.98 Å². The third kappa shape index (κ3) is 3.22. The van der Waals surface area contributed by atoms with Crippen LogP contribution >= 0.6 is 0 Å². The van der Waals surface area contributed by atoms with Crippen LogP contribution in [-0.2, 0) is 6.42 Å². The third-order valence-corrected chi connectivity index (χ3v) is 2.98. The summed E-state index contributed by atoms with van der Waals surface area (Å²) >= 11 is 0. The van der Waals surface area contributed by atoms with Gasteiger partial charge in [0.15, 0.2) is 11.5 Å². The third-order valence-electron chi connectivity index (χ3n) is 2.98. The first-order valence-corrected chi connectivity index (χ1v) is 6.45. The highest BCUT2D eigenvalue weighted by atomic mass is 16.5. The number of benzene rings is 1. The summed E-state index contributed by atoms with van der Waals surface area (Å²) in [6, 6.07) is 6.98. The number of anilines is 1. The Labute approximate surface area is 122 Å². The Morgan fingerprint density at radius 3 is 2.67 bits per heavy atom. The van der Waals surface area contributed by atoms with E-state index in [1.54, 1.807) is 13.2 Å². The van der Waals surface area contributed by atoms with Crippen LogP contribution in [-0.4, -0.2) is 18.0 Å². The molecule has 4 N–H and O–H groups in total. The van der Waals surface area contributed by atoms with E-state index in [-0.39, 0.29) is 11.4 Å². The van der Waals surface area contributed by atoms with Crippen LogP contribution in [0.1, 0.15) is 22.8 Å². The minimum atomic E-state index is -0.658. The van der Waals surface area contributed by atoms with Crippen molar-refractivity contribution in [3.05, 3.63) is 41.6 Å². The molecular weight excluding hydrogens is 270 g/mol. The maximum absolute atomic E-state index is 11.4. The molecule has 1 aromatic carbocycles. The van der Waals surface area contributed by atoms with Gasteiger partial charge in [0.2, 0.25) is 5.88 Å². The van der Waals surface area contributed by atoms with Gasteiger partial charge in [-0.1, -0.05) is 13.0 Å². The van der Waals surface area contributed by atoms with E-state index in [4.69, 9.17) is 20.9 Å². The maximum Gasteiger partial charge on any atom is 0.254 e. The molecule has 0 aliphatic rings. The summed E-state index contributed by atoms with van der Waals surface area (Å²) in [5.41, 5.74) is 12.5. The van der Waals surface area contributed by atoms with Gasteiger partial charge >= 0.3 is 0 Å². The van der Waals surface area contributed by atoms with Gasteiger partial charge in [0.25, 0.3) is 5.91 Å². The van der Waals surface area contributed by atoms with E-state index in [2.05, 4.69) is 4.98 Å². The number of nitrogens with zero attached hydrogens (tertiary/aromatic N) is 1. The summed E-state index contributed by atoms with van der Waals surface area (Å²) in [7, 11) is 1.55. The second kappa shape index (κ2) is 6.13. The Morgan fingerprint density at radius 1 is 1.29 bits per heavy atom. The Kier molecular flexibility index (Phi) is 4.27. The first kappa shape index (κ1) is 14.6. The average molecular weight is 287 g/mol. The van der Waals surface area contributed by atoms with Crippen LogP contribution in [0.15, 0.2) is 30.5 Å². The smallest absolute Gasteiger partial charge is 0.254 e. The number of hydrogen-bond acceptors (Lipinski definition) is 5. The number of hydrogen-bond donors (Lipinski definition) is 2. The SMILES string of the molecule is CCc1ccc(Oc2ncc(N)cc2C(N)=O)c(OC)c1. The highest BCUT2D eigenvalue weighted by Crippen LogP contribution is 2.33. The molecule has 0 radical (unpaired) electrons. The molecule has 2 rings (SSSR count). The van der Waals surface area contributed by atoms with Crippen molar-refractivity contribution in [3.8, 4) is 17.4 Å². The van der Waals surface area contributed by atoms with Crippen molar-refractivity contribution < 1.29 is 14.3 Å². The lowest BCUT2D eigenvalue weighted by Gasteiger charge is -2.12. The number of amides is 1. The van der Waals surface area contributed by atoms with Gasteiger partial charge in [0, 0.05) is 0 Å². The van der Waals surface area contributed by atoms with Gasteiger partial charge in [0.1, 0.15) is 5.56 Å². The summed E-state index contributed by atoms with van der Waals surface area (Å²) in [5, 5.41) is 0. The number of ether oxygens (including phenoxy) is 2. The van der Waals surface area contributed by atoms with E-state index < -0.39 is 5.91 Å². The second-order valence-electron chi connectivity index (χ2n) is 4.43. The molecule has 2 aromatic rings. The van der Waals surface area contributed by atoms with E-state index in [0.717, 1.165) is 12.0 Å². The summed E-state index contributed by atoms with van der Waals surface area (Å²) < 4.78 is 10.9. The normalized spacial score (nSPS) is 10.2. The summed E-state index contributed by atoms with van der Waals surface area (Å²) in [6.07, 6.45) is 2.28. The van der Waals surface area contributed by atoms with Crippen LogP contribution in [0.5, 0.6) is 17.4 Å². The number of rotatable bonds is 5. The number of nitrogens with two attached hydrogens (primary N) is 2. The van der Waals surface area contributed by atoms with Gasteiger partial charge in [-0.2, -0.15) is 0 Å². The first-order chi connectivity index (χ1) is 10.0. The standard InChI is InChI=1S/C15H17N3O3/c1-3-9-4-5-12(13(6-9)20-2)21-15-11(14(17)19)7-10(16)8-18-15/h4-8H,3,16H2,1-2H3,(H2,17,19). The molecule has 0 saturated heterocycles. The van der Waals surface area contributed by atoms with Gasteiger partial charge in [0.05, 0.1) is 19.0 Å². The van der Waals surface area contributed by atoms with E-state index in [9.17, 15) is 4.79 Å². The molecular formula is C15H17N3O3. The minimum absolute atomic E-state index is 0.0965. The fourth-order valence-corrected chi connectivity index (χ4v) is 1.85. The molecule has 21 heavy (non-hydrogen) atoms. The fraction of sp³-hybridized carbons (Fsp3) is 0.200. The van der Waals surface area contributed by atoms with E-state index >= 15 is 0 Å². The zero-order chi connectivity index (χ0) is 15.4. The van der Waals surface area contributed by atoms with Crippen LogP contribution in [0.3, 0.4) is 0 Å². The van der Waals surface area contributed by atoms with Crippen LogP contribution in [0.2, 0.25) is 0 Å². The highest BCUT2D eigenvalue weighted by molar-refractivity contribution is 5.95. The number of primary amides is 1. The molecule has 0 spiro atoms. The topological polar surface area (TPSA) is 100 Å². The fourth-order valence-electron chi connectivity index (χ4n) is 1.85. The number of aryl methyl sites for hydroxylation is 1. The largest absolute Gasteiger partial charge is 0.493 e. The minimum Gasteiger partial charge on any atom is -0.493 e. The molecule has 6 nitrogen and oxygen atoms in total. The summed E-state index contributed by atoms with van der Waals surface area (Å²) in [6.45, 7) is 2.04. The van der Waals surface area contributed by atoms with Crippen molar-refractivity contribution in [2.45, 2.75) is 13.3 Å². The average Bonchev–Trinajstić information content (AvgIpc) is 2.49. The van der Waals surface area contributed by atoms with E-state index in [0.29, 0.717) is 17.2 Å². The van der Waals surface area contributed by atoms with E-state index in [1.165, 1.54) is 12.3 Å². The van der Waals surface area contributed by atoms with Crippen LogP contribution < -0.4 is 20.9 Å². The molecule has 1 heterocycles. The Morgan fingerprint density at radius 2 is 2.05 bits per heavy atom. The Balaban J connectivity index is 2.40. The zero-order valence-electron chi connectivity index (χ0n) is 11.9. The monoisotopic (exact) mass is 287 g/mol. The summed E-state index contributed by atoms with van der Waals surface area (Å²) in [5.74, 6) is 0.450. The predicted octanol–water partition coefficient (Wildman–Crippen LogP) is 2.13. The molecule has 1 aromatic heterocycles. The van der Waals surface area contributed by atoms with Crippen LogP contribution in [0, 0.1) is 0 Å². The quantitative estimate of drug-likeness (QED) is 0.877. The Bertz CT molecular complexity index is 671. The van der Waals surface area contributed by atoms with Crippen molar-refractivity contribution in [2.24, 2.45) is 5.73 Å². The van der Waals surface area contributed by atoms with Crippen LogP contribution in [0.25, 0.3) is 0 Å². The van der Waals surface area contributed by atoms with Gasteiger partial charge in [-0.15, -0.1) is 0 Å². The van der Waals surface area contributed by atoms with Crippen LogP contribution in [0.4, 0.5) is 5.69 Å². The number of carbonyl (C=O) groups excluding carboxylic acids is 1. The number of carbonyl (C=O) groups is 1. The maximum atomic E-state index is 11.4. The molecule has 0 atom stereocenters. The van der Waals surface area contributed by atoms with Crippen molar-refractivity contribution in [1.29, 1.82) is 0 Å². The van der Waals surface area contributed by atoms with Crippen molar-refractivity contribution in [1.82, 2.24) is 4.98 Å². The molecule has 0 fully saturated rings. The van der Waals surface area contributed by atoms with Crippen molar-refractivity contribution >= 4 is 11.6 Å². The molecule has 110 valence electrons. The van der Waals surface area contributed by atoms with Gasteiger partial charge in [-0.3, -0.25) is 4.79 Å². The summed E-state index contributed by atoms with van der Waals surface area (Å²) in [4.78, 5) is 15.4. The van der Waals surface area contributed by atoms with E-state index in [1.807, 2.05) is 19.1 Å². The number of aromatic nitrogens is 1. The molecule has 1 amide bonds. The molecule has 0 aliphatic carbocycles. The van der Waals surface area contributed by atoms with Gasteiger partial charge < -0.3 is 20.9 Å². The van der Waals surface area contributed by atoms with Crippen molar-refractivity contribution in [2.75, 3.05) is 12.8 Å². The van der Waals surface area contributed by atoms with Crippen molar-refractivity contribution in [3.63, 3.8) is 0 Å². The molecule has 0 bridgehead atoms. The molecule has 0 unspecified atom stereocenters. The predicted molar refractivity (Wildman–Crippen MR) is 79.6 cm³/mol. The number of nitrogen functional groups attached to an aromatic ring is 1. The Hall–Kier alpha value is -2.76. The lowest BCUT2D eigenvalue weighted by molar-refractivity contribution is 0.0997. The number of pyridine rings is 1. The zero-order valence-corrected chi connectivity index (χ0v) is 11.9. The highest BCUT2D eigenvalue weighted by Gasteiger charge is 2.15. The molecule has 0 aliphatic heterocycles.